The van der Waals surface area contributed by atoms with Gasteiger partial charge >= 0.3 is 0 Å². The molecule has 1 fully saturated rings. The van der Waals surface area contributed by atoms with Gasteiger partial charge in [0, 0.05) is 40.9 Å². The van der Waals surface area contributed by atoms with Crippen molar-refractivity contribution in [2.24, 2.45) is 0 Å². The predicted octanol–water partition coefficient (Wildman–Crippen LogP) is 7.06. The lowest BCUT2D eigenvalue weighted by Crippen LogP contribution is -2.26. The summed E-state index contributed by atoms with van der Waals surface area (Å²) in [5.74, 6) is 1.20. The molecule has 0 aliphatic carbocycles. The number of benzene rings is 3. The molecule has 3 nitrogen and oxygen atoms in total. The highest BCUT2D eigenvalue weighted by molar-refractivity contribution is 7.99. The van der Waals surface area contributed by atoms with Gasteiger partial charge in [-0.3, -0.25) is 9.29 Å². The van der Waals surface area contributed by atoms with Crippen LogP contribution >= 0.6 is 23.4 Å². The van der Waals surface area contributed by atoms with Crippen LogP contribution in [0.25, 0.3) is 11.1 Å². The lowest BCUT2D eigenvalue weighted by atomic mass is 9.89. The van der Waals surface area contributed by atoms with Crippen molar-refractivity contribution in [2.75, 3.05) is 32.1 Å². The molecule has 0 saturated carbocycles. The van der Waals surface area contributed by atoms with E-state index in [4.69, 9.17) is 16.3 Å². The van der Waals surface area contributed by atoms with E-state index in [1.54, 1.807) is 36.0 Å². The van der Waals surface area contributed by atoms with Gasteiger partial charge in [0.1, 0.15) is 23.4 Å². The standard InChI is InChI=1S/C28H26ClF2NO2S/c29-19-4-8-23(26(31)14-19)25-17-35-27-15-20(33)5-9-24(27)28(25)18-2-6-21(7-3-18)34-22-10-13-32(16-22)12-1-11-30/h2-9,14-15,22,33H,1,10-13,16-17H2/t22-/m0/s1. The van der Waals surface area contributed by atoms with Crippen molar-refractivity contribution in [3.63, 3.8) is 0 Å². The minimum absolute atomic E-state index is 0.0909. The molecule has 2 heterocycles. The van der Waals surface area contributed by atoms with Crippen molar-refractivity contribution < 1.29 is 18.6 Å². The lowest BCUT2D eigenvalue weighted by Gasteiger charge is -2.25. The second kappa shape index (κ2) is 10.6. The van der Waals surface area contributed by atoms with Crippen LogP contribution in [0.15, 0.2) is 65.6 Å². The molecule has 0 amide bonds. The summed E-state index contributed by atoms with van der Waals surface area (Å²) in [5, 5.41) is 10.4. The Morgan fingerprint density at radius 1 is 1.06 bits per heavy atom. The zero-order valence-electron chi connectivity index (χ0n) is 19.1. The number of rotatable bonds is 7. The molecule has 182 valence electrons. The number of hydrogen-bond acceptors (Lipinski definition) is 4. The number of aromatic hydroxyl groups is 1. The average Bonchev–Trinajstić information content (AvgIpc) is 3.30. The highest BCUT2D eigenvalue weighted by Crippen LogP contribution is 2.46. The average molecular weight is 514 g/mol. The van der Waals surface area contributed by atoms with Gasteiger partial charge in [0.2, 0.25) is 0 Å². The predicted molar refractivity (Wildman–Crippen MR) is 139 cm³/mol. The third-order valence-electron chi connectivity index (χ3n) is 6.45. The minimum atomic E-state index is -0.355. The first-order valence-electron chi connectivity index (χ1n) is 11.7. The third-order valence-corrected chi connectivity index (χ3v) is 7.76. The van der Waals surface area contributed by atoms with E-state index in [0.29, 0.717) is 22.8 Å². The van der Waals surface area contributed by atoms with Gasteiger partial charge in [-0.25, -0.2) is 4.39 Å². The topological polar surface area (TPSA) is 32.7 Å². The van der Waals surface area contributed by atoms with Crippen LogP contribution in [0.4, 0.5) is 8.78 Å². The molecule has 3 aromatic rings. The molecule has 2 aliphatic heterocycles. The quantitative estimate of drug-likeness (QED) is 0.366. The van der Waals surface area contributed by atoms with Crippen LogP contribution < -0.4 is 4.74 Å². The molecule has 0 aromatic heterocycles. The van der Waals surface area contributed by atoms with E-state index in [1.165, 1.54) is 6.07 Å². The van der Waals surface area contributed by atoms with Crippen molar-refractivity contribution in [2.45, 2.75) is 23.8 Å². The normalized spacial score (nSPS) is 18.1. The largest absolute Gasteiger partial charge is 0.508 e. The Hall–Kier alpha value is -2.54. The number of likely N-dealkylation sites (tertiary alicyclic amines) is 1. The van der Waals surface area contributed by atoms with Gasteiger partial charge in [-0.05, 0) is 77.6 Å². The summed E-state index contributed by atoms with van der Waals surface area (Å²) >= 11 is 7.58. The van der Waals surface area contributed by atoms with Crippen LogP contribution in [0.5, 0.6) is 11.5 Å². The Balaban J connectivity index is 1.46. The molecular weight excluding hydrogens is 488 g/mol. The monoisotopic (exact) mass is 513 g/mol. The van der Waals surface area contributed by atoms with E-state index in [9.17, 15) is 13.9 Å². The fraction of sp³-hybridized carbons (Fsp3) is 0.286. The number of halogens is 3. The van der Waals surface area contributed by atoms with E-state index in [2.05, 4.69) is 4.90 Å². The van der Waals surface area contributed by atoms with Crippen LogP contribution in [0.2, 0.25) is 5.02 Å². The Bertz CT molecular complexity index is 1250. The van der Waals surface area contributed by atoms with E-state index in [-0.39, 0.29) is 24.3 Å². The first-order chi connectivity index (χ1) is 17.0. The Labute approximate surface area is 213 Å². The second-order valence-electron chi connectivity index (χ2n) is 8.84. The summed E-state index contributed by atoms with van der Waals surface area (Å²) in [6.45, 7) is 2.21. The van der Waals surface area contributed by atoms with E-state index < -0.39 is 0 Å². The van der Waals surface area contributed by atoms with Gasteiger partial charge in [-0.2, -0.15) is 0 Å². The van der Waals surface area contributed by atoms with Gasteiger partial charge in [-0.15, -0.1) is 11.8 Å². The van der Waals surface area contributed by atoms with Crippen LogP contribution in [0.1, 0.15) is 29.5 Å². The Kier molecular flexibility index (Phi) is 7.32. The number of alkyl halides is 1. The number of thioether (sulfide) groups is 1. The van der Waals surface area contributed by atoms with Crippen molar-refractivity contribution >= 4 is 34.5 Å². The summed E-state index contributed by atoms with van der Waals surface area (Å²) in [6, 6.07) is 18.0. The molecule has 1 N–H and O–H groups in total. The highest BCUT2D eigenvalue weighted by Gasteiger charge is 2.26. The number of nitrogens with zero attached hydrogens (tertiary/aromatic N) is 1. The molecular formula is C28H26ClF2NO2S. The maximum atomic E-state index is 15.0. The first kappa shape index (κ1) is 24.2. The fourth-order valence-corrected chi connectivity index (χ4v) is 6.06. The van der Waals surface area contributed by atoms with Crippen molar-refractivity contribution in [3.05, 3.63) is 88.2 Å². The van der Waals surface area contributed by atoms with Gasteiger partial charge < -0.3 is 9.84 Å². The van der Waals surface area contributed by atoms with Crippen LogP contribution in [-0.2, 0) is 0 Å². The number of phenolic OH excluding ortho intramolecular Hbond substituents is 1. The Morgan fingerprint density at radius 2 is 1.86 bits per heavy atom. The van der Waals surface area contributed by atoms with Crippen LogP contribution in [-0.4, -0.2) is 48.2 Å². The van der Waals surface area contributed by atoms with E-state index >= 15 is 0 Å². The molecule has 1 atom stereocenters. The smallest absolute Gasteiger partial charge is 0.132 e. The number of ether oxygens (including phenoxy) is 1. The lowest BCUT2D eigenvalue weighted by molar-refractivity contribution is 0.198. The number of phenols is 1. The van der Waals surface area contributed by atoms with Gasteiger partial charge in [-0.1, -0.05) is 29.8 Å². The maximum absolute atomic E-state index is 15.0. The van der Waals surface area contributed by atoms with Gasteiger partial charge in [0.25, 0.3) is 0 Å². The van der Waals surface area contributed by atoms with Crippen LogP contribution in [0, 0.1) is 5.82 Å². The molecule has 1 saturated heterocycles. The summed E-state index contributed by atoms with van der Waals surface area (Å²) < 4.78 is 33.6. The molecule has 0 spiro atoms. The second-order valence-corrected chi connectivity index (χ2v) is 10.3. The molecule has 0 bridgehead atoms. The van der Waals surface area contributed by atoms with Gasteiger partial charge in [0.15, 0.2) is 0 Å². The third kappa shape index (κ3) is 5.35. The SMILES string of the molecule is Oc1ccc2c(c1)SCC(c1ccc(Cl)cc1F)=C2c1ccc(O[C@H]2CCN(CCCF)C2)cc1. The summed E-state index contributed by atoms with van der Waals surface area (Å²) in [4.78, 5) is 3.19. The molecule has 35 heavy (non-hydrogen) atoms. The molecule has 2 aliphatic rings. The van der Waals surface area contributed by atoms with Crippen molar-refractivity contribution in [3.8, 4) is 11.5 Å². The molecule has 0 unspecified atom stereocenters. The van der Waals surface area contributed by atoms with Crippen LogP contribution in [0.3, 0.4) is 0 Å². The molecule has 7 heteroatoms. The van der Waals surface area contributed by atoms with Gasteiger partial charge in [0.05, 0.1) is 6.67 Å². The summed E-state index contributed by atoms with van der Waals surface area (Å²) in [5.41, 5.74) is 4.25. The minimum Gasteiger partial charge on any atom is -0.508 e. The molecule has 5 rings (SSSR count). The molecule has 3 aromatic carbocycles. The highest BCUT2D eigenvalue weighted by atomic mass is 35.5. The van der Waals surface area contributed by atoms with Crippen molar-refractivity contribution in [1.82, 2.24) is 4.90 Å². The zero-order chi connectivity index (χ0) is 24.4. The maximum Gasteiger partial charge on any atom is 0.132 e. The first-order valence-corrected chi connectivity index (χ1v) is 13.1. The number of hydrogen-bond donors (Lipinski definition) is 1. The van der Waals surface area contributed by atoms with E-state index in [1.807, 2.05) is 30.3 Å². The Morgan fingerprint density at radius 3 is 2.63 bits per heavy atom. The fourth-order valence-electron chi connectivity index (χ4n) is 4.77. The van der Waals surface area contributed by atoms with Crippen molar-refractivity contribution in [1.29, 1.82) is 0 Å². The summed E-state index contributed by atoms with van der Waals surface area (Å²) in [7, 11) is 0. The van der Waals surface area contributed by atoms with E-state index in [0.717, 1.165) is 59.0 Å². The zero-order valence-corrected chi connectivity index (χ0v) is 20.7. The number of fused-ring (bicyclic) bond motifs is 1. The molecule has 0 radical (unpaired) electrons. The summed E-state index contributed by atoms with van der Waals surface area (Å²) in [6.07, 6.45) is 1.57.